The van der Waals surface area contributed by atoms with Crippen LogP contribution in [0.1, 0.15) is 42.2 Å². The van der Waals surface area contributed by atoms with Gasteiger partial charge >= 0.3 is 0 Å². The second-order valence-electron chi connectivity index (χ2n) is 7.64. The van der Waals surface area contributed by atoms with E-state index in [-0.39, 0.29) is 18.1 Å². The highest BCUT2D eigenvalue weighted by Gasteiger charge is 2.51. The molecule has 4 rings (SSSR count). The molecule has 0 aliphatic carbocycles. The van der Waals surface area contributed by atoms with E-state index in [9.17, 15) is 4.79 Å². The third kappa shape index (κ3) is 3.46. The van der Waals surface area contributed by atoms with Gasteiger partial charge in [0.25, 0.3) is 0 Å². The molecule has 1 saturated heterocycles. The van der Waals surface area contributed by atoms with E-state index >= 15 is 0 Å². The molecule has 1 amide bonds. The number of nitrogens with one attached hydrogen (secondary N) is 1. The van der Waals surface area contributed by atoms with Gasteiger partial charge in [0.15, 0.2) is 6.17 Å². The number of nitrogens with zero attached hydrogens (tertiary/aromatic N) is 1. The highest BCUT2D eigenvalue weighted by Crippen LogP contribution is 2.46. The molecule has 3 aromatic carbocycles. The maximum atomic E-state index is 12.2. The van der Waals surface area contributed by atoms with Crippen molar-refractivity contribution in [1.29, 1.82) is 0 Å². The van der Waals surface area contributed by atoms with Gasteiger partial charge in [0.05, 0.1) is 13.1 Å². The minimum Gasteiger partial charge on any atom is -0.303 e. The quantitative estimate of drug-likeness (QED) is 0.618. The van der Waals surface area contributed by atoms with Crippen molar-refractivity contribution in [3.05, 3.63) is 108 Å². The van der Waals surface area contributed by atoms with Crippen LogP contribution < -0.4 is 5.32 Å². The van der Waals surface area contributed by atoms with Crippen molar-refractivity contribution in [2.75, 3.05) is 13.1 Å². The van der Waals surface area contributed by atoms with Crippen LogP contribution in [0.2, 0.25) is 0 Å². The zero-order chi connectivity index (χ0) is 19.4. The molecule has 28 heavy (non-hydrogen) atoms. The van der Waals surface area contributed by atoms with E-state index in [0.717, 1.165) is 23.1 Å². The lowest BCUT2D eigenvalue weighted by Crippen LogP contribution is -2.65. The summed E-state index contributed by atoms with van der Waals surface area (Å²) in [6, 6.07) is 32.0. The lowest BCUT2D eigenvalue weighted by molar-refractivity contribution is -1.01. The molecule has 1 aliphatic heterocycles. The Labute approximate surface area is 167 Å². The van der Waals surface area contributed by atoms with Gasteiger partial charge < -0.3 is 5.32 Å². The average molecular weight is 372 g/mol. The number of amides is 1. The first-order valence-corrected chi connectivity index (χ1v) is 9.99. The molecule has 1 heterocycles. The van der Waals surface area contributed by atoms with E-state index < -0.39 is 0 Å². The largest absolute Gasteiger partial charge is 0.303 e. The summed E-state index contributed by atoms with van der Waals surface area (Å²) in [6.07, 6.45) is 1.09. The molecule has 0 spiro atoms. The van der Waals surface area contributed by atoms with Gasteiger partial charge in [0.1, 0.15) is 6.04 Å². The Bertz CT molecular complexity index is 866. The Balaban J connectivity index is 1.87. The number of quaternary nitrogens is 1. The summed E-state index contributed by atoms with van der Waals surface area (Å²) in [6.45, 7) is 3.69. The first-order valence-electron chi connectivity index (χ1n) is 9.99. The Hall–Kier alpha value is -2.91. The summed E-state index contributed by atoms with van der Waals surface area (Å²) in [7, 11) is 0. The first kappa shape index (κ1) is 18.5. The van der Waals surface area contributed by atoms with Crippen molar-refractivity contribution >= 4 is 5.91 Å². The van der Waals surface area contributed by atoms with Crippen LogP contribution in [-0.4, -0.2) is 23.5 Å². The monoisotopic (exact) mass is 371 g/mol. The van der Waals surface area contributed by atoms with E-state index in [1.165, 1.54) is 17.5 Å². The SMILES string of the molecule is CC(=O)NC(c1ccccc1)[N+]1(C(c2ccccc2)c2ccccc2)CCC1. The van der Waals surface area contributed by atoms with E-state index in [1.807, 2.05) is 6.07 Å². The molecular formula is C25H27N2O+. The second kappa shape index (κ2) is 7.99. The summed E-state index contributed by atoms with van der Waals surface area (Å²) in [5.41, 5.74) is 3.74. The summed E-state index contributed by atoms with van der Waals surface area (Å²) in [4.78, 5) is 12.2. The Morgan fingerprint density at radius 3 is 1.54 bits per heavy atom. The van der Waals surface area contributed by atoms with Gasteiger partial charge in [-0.05, 0) is 0 Å². The fraction of sp³-hybridized carbons (Fsp3) is 0.240. The molecule has 1 unspecified atom stereocenters. The van der Waals surface area contributed by atoms with Crippen LogP contribution >= 0.6 is 0 Å². The fourth-order valence-corrected chi connectivity index (χ4v) is 4.58. The topological polar surface area (TPSA) is 29.1 Å². The van der Waals surface area contributed by atoms with Crippen LogP contribution in [0.5, 0.6) is 0 Å². The van der Waals surface area contributed by atoms with Crippen LogP contribution in [0.15, 0.2) is 91.0 Å². The van der Waals surface area contributed by atoms with E-state index in [2.05, 4.69) is 90.2 Å². The predicted octanol–water partition coefficient (Wildman–Crippen LogP) is 4.83. The minimum absolute atomic E-state index is 0.0122. The van der Waals surface area contributed by atoms with Crippen LogP contribution in [0.3, 0.4) is 0 Å². The molecule has 0 aromatic heterocycles. The highest BCUT2D eigenvalue weighted by atomic mass is 16.1. The molecule has 3 aromatic rings. The average Bonchev–Trinajstić information content (AvgIpc) is 2.71. The van der Waals surface area contributed by atoms with Gasteiger partial charge in [-0.25, -0.2) is 0 Å². The zero-order valence-corrected chi connectivity index (χ0v) is 16.3. The molecule has 0 bridgehead atoms. The predicted molar refractivity (Wildman–Crippen MR) is 112 cm³/mol. The van der Waals surface area contributed by atoms with Gasteiger partial charge in [-0.2, -0.15) is 0 Å². The lowest BCUT2D eigenvalue weighted by atomic mass is 9.88. The number of benzene rings is 3. The molecule has 142 valence electrons. The normalized spacial score (nSPS) is 16.2. The van der Waals surface area contributed by atoms with Gasteiger partial charge in [-0.1, -0.05) is 91.0 Å². The van der Waals surface area contributed by atoms with Crippen molar-refractivity contribution in [2.24, 2.45) is 0 Å². The van der Waals surface area contributed by atoms with Gasteiger partial charge in [-0.15, -0.1) is 0 Å². The number of rotatable bonds is 6. The Morgan fingerprint density at radius 2 is 1.18 bits per heavy atom. The molecule has 0 radical (unpaired) electrons. The summed E-state index contributed by atoms with van der Waals surface area (Å²) in [5, 5.41) is 3.29. The fourth-order valence-electron chi connectivity index (χ4n) is 4.58. The first-order chi connectivity index (χ1) is 13.7. The van der Waals surface area contributed by atoms with Crippen molar-refractivity contribution in [3.8, 4) is 0 Å². The smallest absolute Gasteiger partial charge is 0.221 e. The Morgan fingerprint density at radius 1 is 0.750 bits per heavy atom. The number of carbonyl (C=O) groups excluding carboxylic acids is 1. The van der Waals surface area contributed by atoms with E-state index in [1.54, 1.807) is 6.92 Å². The lowest BCUT2D eigenvalue weighted by Gasteiger charge is -2.55. The molecule has 1 aliphatic rings. The van der Waals surface area contributed by atoms with Crippen molar-refractivity contribution in [3.63, 3.8) is 0 Å². The van der Waals surface area contributed by atoms with Gasteiger partial charge in [0, 0.05) is 30.0 Å². The molecule has 3 nitrogen and oxygen atoms in total. The standard InChI is InChI=1S/C25H26N2O/c1-20(28)26-25(23-16-9-4-10-17-23)27(18-11-19-27)24(21-12-5-2-6-13-21)22-14-7-3-8-15-22/h2-10,12-17,24-25H,11,18-19H2,1H3/p+1. The van der Waals surface area contributed by atoms with Crippen LogP contribution in [-0.2, 0) is 4.79 Å². The van der Waals surface area contributed by atoms with E-state index in [0.29, 0.717) is 0 Å². The third-order valence-corrected chi connectivity index (χ3v) is 5.86. The number of likely N-dealkylation sites (tertiary alicyclic amines) is 1. The van der Waals surface area contributed by atoms with Crippen molar-refractivity contribution in [1.82, 2.24) is 5.32 Å². The maximum Gasteiger partial charge on any atom is 0.221 e. The molecule has 3 heteroatoms. The number of hydrogen-bond donors (Lipinski definition) is 1. The van der Waals surface area contributed by atoms with Crippen LogP contribution in [0, 0.1) is 0 Å². The third-order valence-electron chi connectivity index (χ3n) is 5.86. The maximum absolute atomic E-state index is 12.2. The summed E-state index contributed by atoms with van der Waals surface area (Å²) >= 11 is 0. The van der Waals surface area contributed by atoms with Gasteiger partial charge in [-0.3, -0.25) is 9.28 Å². The number of hydrogen-bond acceptors (Lipinski definition) is 1. The zero-order valence-electron chi connectivity index (χ0n) is 16.3. The molecular weight excluding hydrogens is 344 g/mol. The second-order valence-corrected chi connectivity index (χ2v) is 7.64. The van der Waals surface area contributed by atoms with Crippen molar-refractivity contribution in [2.45, 2.75) is 25.6 Å². The van der Waals surface area contributed by atoms with Crippen molar-refractivity contribution < 1.29 is 9.28 Å². The molecule has 1 atom stereocenters. The number of carbonyl (C=O) groups is 1. The van der Waals surface area contributed by atoms with E-state index in [4.69, 9.17) is 0 Å². The molecule has 1 fully saturated rings. The highest BCUT2D eigenvalue weighted by molar-refractivity contribution is 5.73. The van der Waals surface area contributed by atoms with Crippen LogP contribution in [0.25, 0.3) is 0 Å². The minimum atomic E-state index is -0.0714. The summed E-state index contributed by atoms with van der Waals surface area (Å²) < 4.78 is 0.817. The summed E-state index contributed by atoms with van der Waals surface area (Å²) in [5.74, 6) is 0.0122. The molecule has 0 saturated carbocycles. The molecule has 1 N–H and O–H groups in total. The van der Waals surface area contributed by atoms with Crippen LogP contribution in [0.4, 0.5) is 0 Å². The Kier molecular flexibility index (Phi) is 5.27. The van der Waals surface area contributed by atoms with Gasteiger partial charge in [0.2, 0.25) is 5.91 Å².